The van der Waals surface area contributed by atoms with Crippen LogP contribution in [0.4, 0.5) is 0 Å². The third-order valence-electron chi connectivity index (χ3n) is 3.57. The number of fused-ring (bicyclic) bond motifs is 1. The molecule has 1 aliphatic heterocycles. The number of rotatable bonds is 0. The number of cyclic esters (lactones) is 2. The van der Waals surface area contributed by atoms with Crippen molar-refractivity contribution in [1.82, 2.24) is 0 Å². The Bertz CT molecular complexity index is 389. The molecule has 3 nitrogen and oxygen atoms in total. The van der Waals surface area contributed by atoms with Gasteiger partial charge in [0.2, 0.25) is 0 Å². The number of carbonyl (C=O) groups excluding carboxylic acids is 2. The topological polar surface area (TPSA) is 43.4 Å². The third kappa shape index (κ3) is 1.63. The second-order valence-electron chi connectivity index (χ2n) is 7.02. The zero-order chi connectivity index (χ0) is 13.2. The normalized spacial score (nSPS) is 29.1. The molecule has 0 bridgehead atoms. The van der Waals surface area contributed by atoms with Gasteiger partial charge in [-0.3, -0.25) is 9.59 Å². The molecular formula is C14H20O3. The van der Waals surface area contributed by atoms with Crippen LogP contribution in [0, 0.1) is 22.7 Å². The summed E-state index contributed by atoms with van der Waals surface area (Å²) < 4.78 is 4.78. The Morgan fingerprint density at radius 2 is 1.06 bits per heavy atom. The minimum atomic E-state index is -0.363. The van der Waals surface area contributed by atoms with Crippen LogP contribution < -0.4 is 0 Å². The lowest BCUT2D eigenvalue weighted by molar-refractivity contribution is -0.153. The van der Waals surface area contributed by atoms with Crippen LogP contribution in [0.15, 0.2) is 11.1 Å². The Balaban J connectivity index is 2.57. The summed E-state index contributed by atoms with van der Waals surface area (Å²) in [6, 6.07) is 0. The van der Waals surface area contributed by atoms with Crippen molar-refractivity contribution >= 4 is 11.9 Å². The van der Waals surface area contributed by atoms with E-state index in [2.05, 4.69) is 41.5 Å². The van der Waals surface area contributed by atoms with E-state index in [4.69, 9.17) is 4.74 Å². The van der Waals surface area contributed by atoms with Crippen molar-refractivity contribution < 1.29 is 14.3 Å². The van der Waals surface area contributed by atoms with Crippen molar-refractivity contribution in [3.8, 4) is 0 Å². The zero-order valence-electron chi connectivity index (χ0n) is 11.4. The Hall–Kier alpha value is -1.12. The van der Waals surface area contributed by atoms with Crippen molar-refractivity contribution in [2.75, 3.05) is 0 Å². The fourth-order valence-electron chi connectivity index (χ4n) is 3.05. The van der Waals surface area contributed by atoms with E-state index < -0.39 is 0 Å². The van der Waals surface area contributed by atoms with Gasteiger partial charge in [0.05, 0.1) is 11.8 Å². The molecule has 2 atom stereocenters. The maximum absolute atomic E-state index is 11.7. The van der Waals surface area contributed by atoms with Crippen molar-refractivity contribution in [2.45, 2.75) is 41.5 Å². The molecule has 0 spiro atoms. The van der Waals surface area contributed by atoms with Crippen LogP contribution in [0.5, 0.6) is 0 Å². The van der Waals surface area contributed by atoms with E-state index in [0.29, 0.717) is 0 Å². The van der Waals surface area contributed by atoms with E-state index in [1.54, 1.807) is 0 Å². The predicted octanol–water partition coefficient (Wildman–Crippen LogP) is 2.70. The molecule has 0 amide bonds. The molecule has 1 heterocycles. The number of esters is 2. The molecule has 1 aliphatic carbocycles. The van der Waals surface area contributed by atoms with Crippen LogP contribution in [0.3, 0.4) is 0 Å². The van der Waals surface area contributed by atoms with Gasteiger partial charge in [0.1, 0.15) is 0 Å². The SMILES string of the molecule is CC(C)(C)C1=C(C(C)(C)C)C2C(=O)OC(=O)C12. The Kier molecular flexibility index (Phi) is 2.33. The van der Waals surface area contributed by atoms with Crippen molar-refractivity contribution in [2.24, 2.45) is 22.7 Å². The fourth-order valence-corrected chi connectivity index (χ4v) is 3.05. The Morgan fingerprint density at radius 1 is 0.765 bits per heavy atom. The highest BCUT2D eigenvalue weighted by molar-refractivity contribution is 6.03. The standard InChI is InChI=1S/C14H20O3/c1-13(2,3)9-7-8(10(9)14(4,5)6)12(16)17-11(7)15/h7-8H,1-6H3. The van der Waals surface area contributed by atoms with Gasteiger partial charge in [-0.25, -0.2) is 0 Å². The van der Waals surface area contributed by atoms with Gasteiger partial charge in [-0.1, -0.05) is 41.5 Å². The van der Waals surface area contributed by atoms with Gasteiger partial charge in [0, 0.05) is 0 Å². The average molecular weight is 236 g/mol. The molecule has 2 unspecified atom stereocenters. The molecule has 0 aromatic heterocycles. The molecule has 1 fully saturated rings. The monoisotopic (exact) mass is 236 g/mol. The molecule has 0 N–H and O–H groups in total. The van der Waals surface area contributed by atoms with Gasteiger partial charge >= 0.3 is 11.9 Å². The second-order valence-corrected chi connectivity index (χ2v) is 7.02. The third-order valence-corrected chi connectivity index (χ3v) is 3.57. The quantitative estimate of drug-likeness (QED) is 0.369. The Labute approximate surface area is 102 Å². The fraction of sp³-hybridized carbons (Fsp3) is 0.714. The molecule has 1 saturated heterocycles. The summed E-state index contributed by atoms with van der Waals surface area (Å²) in [5, 5.41) is 0. The summed E-state index contributed by atoms with van der Waals surface area (Å²) in [6.45, 7) is 12.5. The molecule has 0 radical (unpaired) electrons. The number of ether oxygens (including phenoxy) is 1. The zero-order valence-corrected chi connectivity index (χ0v) is 11.4. The molecule has 2 aliphatic rings. The smallest absolute Gasteiger partial charge is 0.321 e. The molecule has 3 heteroatoms. The first-order valence-corrected chi connectivity index (χ1v) is 6.05. The highest BCUT2D eigenvalue weighted by Crippen LogP contribution is 2.58. The van der Waals surface area contributed by atoms with Crippen LogP contribution in [0.25, 0.3) is 0 Å². The second kappa shape index (κ2) is 3.21. The summed E-state index contributed by atoms with van der Waals surface area (Å²) in [5.41, 5.74) is 2.03. The average Bonchev–Trinajstić information content (AvgIpc) is 2.13. The summed E-state index contributed by atoms with van der Waals surface area (Å²) >= 11 is 0. The van der Waals surface area contributed by atoms with Gasteiger partial charge in [-0.2, -0.15) is 0 Å². The van der Waals surface area contributed by atoms with E-state index in [-0.39, 0.29) is 34.6 Å². The highest BCUT2D eigenvalue weighted by Gasteiger charge is 2.60. The van der Waals surface area contributed by atoms with Crippen LogP contribution in [-0.2, 0) is 14.3 Å². The molecular weight excluding hydrogens is 216 g/mol. The van der Waals surface area contributed by atoms with Gasteiger partial charge < -0.3 is 4.74 Å². The first-order chi connectivity index (χ1) is 7.55. The van der Waals surface area contributed by atoms with Crippen LogP contribution in [-0.4, -0.2) is 11.9 Å². The number of hydrogen-bond acceptors (Lipinski definition) is 3. The van der Waals surface area contributed by atoms with E-state index >= 15 is 0 Å². The van der Waals surface area contributed by atoms with E-state index in [1.165, 1.54) is 0 Å². The van der Waals surface area contributed by atoms with E-state index in [0.717, 1.165) is 11.1 Å². The number of carbonyl (C=O) groups is 2. The van der Waals surface area contributed by atoms with Gasteiger partial charge in [0.15, 0.2) is 0 Å². The molecule has 0 aromatic carbocycles. The summed E-state index contributed by atoms with van der Waals surface area (Å²) in [7, 11) is 0. The van der Waals surface area contributed by atoms with Gasteiger partial charge in [-0.15, -0.1) is 0 Å². The molecule has 17 heavy (non-hydrogen) atoms. The maximum atomic E-state index is 11.7. The Morgan fingerprint density at radius 3 is 1.29 bits per heavy atom. The highest BCUT2D eigenvalue weighted by atomic mass is 16.6. The largest absolute Gasteiger partial charge is 0.392 e. The minimum Gasteiger partial charge on any atom is -0.392 e. The summed E-state index contributed by atoms with van der Waals surface area (Å²) in [5.74, 6) is -1.37. The lowest BCUT2D eigenvalue weighted by Gasteiger charge is -2.46. The van der Waals surface area contributed by atoms with Crippen LogP contribution in [0.2, 0.25) is 0 Å². The van der Waals surface area contributed by atoms with Crippen molar-refractivity contribution in [3.63, 3.8) is 0 Å². The lowest BCUT2D eigenvalue weighted by atomic mass is 9.55. The molecule has 2 rings (SSSR count). The van der Waals surface area contributed by atoms with Crippen LogP contribution >= 0.6 is 0 Å². The summed E-state index contributed by atoms with van der Waals surface area (Å²) in [4.78, 5) is 23.4. The molecule has 94 valence electrons. The molecule has 0 aromatic rings. The van der Waals surface area contributed by atoms with Gasteiger partial charge in [0.25, 0.3) is 0 Å². The van der Waals surface area contributed by atoms with Gasteiger partial charge in [-0.05, 0) is 22.0 Å². The number of hydrogen-bond donors (Lipinski definition) is 0. The maximum Gasteiger partial charge on any atom is 0.321 e. The summed E-state index contributed by atoms with van der Waals surface area (Å²) in [6.07, 6.45) is 0. The predicted molar refractivity (Wildman–Crippen MR) is 64.0 cm³/mol. The van der Waals surface area contributed by atoms with Crippen molar-refractivity contribution in [1.29, 1.82) is 0 Å². The van der Waals surface area contributed by atoms with E-state index in [9.17, 15) is 9.59 Å². The first kappa shape index (κ1) is 12.3. The minimum absolute atomic E-state index is 0.0899. The van der Waals surface area contributed by atoms with Crippen molar-refractivity contribution in [3.05, 3.63) is 11.1 Å². The van der Waals surface area contributed by atoms with Crippen LogP contribution in [0.1, 0.15) is 41.5 Å². The van der Waals surface area contributed by atoms with E-state index in [1.807, 2.05) is 0 Å². The first-order valence-electron chi connectivity index (χ1n) is 6.05. The molecule has 0 saturated carbocycles. The lowest BCUT2D eigenvalue weighted by Crippen LogP contribution is -2.43.